The molecule has 0 unspecified atom stereocenters. The molecule has 0 aliphatic carbocycles. The van der Waals surface area contributed by atoms with Gasteiger partial charge in [-0.2, -0.15) is 0 Å². The van der Waals surface area contributed by atoms with Crippen LogP contribution in [-0.4, -0.2) is 81.3 Å². The number of ether oxygens (including phenoxy) is 3. The highest BCUT2D eigenvalue weighted by Crippen LogP contribution is 2.26. The quantitative estimate of drug-likeness (QED) is 0.369. The van der Waals surface area contributed by atoms with Gasteiger partial charge in [0.1, 0.15) is 24.4 Å². The second-order valence-corrected chi connectivity index (χ2v) is 4.95. The minimum absolute atomic E-state index is 0.0109. The molecule has 8 heteroatoms. The van der Waals surface area contributed by atoms with Gasteiger partial charge in [-0.15, -0.1) is 0 Å². The molecule has 2 aliphatic heterocycles. The molecule has 2 saturated heterocycles. The van der Waals surface area contributed by atoms with Crippen molar-refractivity contribution in [3.05, 3.63) is 0 Å². The van der Waals surface area contributed by atoms with E-state index in [1.807, 2.05) is 0 Å². The van der Waals surface area contributed by atoms with Gasteiger partial charge in [-0.05, 0) is 6.92 Å². The predicted molar refractivity (Wildman–Crippen MR) is 59.8 cm³/mol. The molecule has 2 heterocycles. The van der Waals surface area contributed by atoms with Crippen molar-refractivity contribution >= 4 is 0 Å². The summed E-state index contributed by atoms with van der Waals surface area (Å²) in [4.78, 5) is 0. The van der Waals surface area contributed by atoms with Crippen LogP contribution in [0.2, 0.25) is 0 Å². The molecule has 19 heavy (non-hydrogen) atoms. The van der Waals surface area contributed by atoms with Crippen molar-refractivity contribution in [1.29, 1.82) is 0 Å². The monoisotopic (exact) mass is 280 g/mol. The Morgan fingerprint density at radius 2 is 1.68 bits per heavy atom. The molecule has 0 aromatic rings. The molecular weight excluding hydrogens is 260 g/mol. The molecular formula is C11H20O8. The Kier molecular flexibility index (Phi) is 4.75. The molecule has 2 fully saturated rings. The molecule has 0 radical (unpaired) electrons. The van der Waals surface area contributed by atoms with E-state index >= 15 is 0 Å². The minimum Gasteiger partial charge on any atom is -0.390 e. The predicted octanol–water partition coefficient (Wildman–Crippen LogP) is -2.70. The number of rotatable bonds is 2. The Bertz CT molecular complexity index is 288. The first-order valence-corrected chi connectivity index (χ1v) is 6.23. The Morgan fingerprint density at radius 1 is 1.00 bits per heavy atom. The second kappa shape index (κ2) is 5.98. The summed E-state index contributed by atoms with van der Waals surface area (Å²) in [5.41, 5.74) is 0. The van der Waals surface area contributed by atoms with Gasteiger partial charge in [0.15, 0.2) is 12.6 Å². The van der Waals surface area contributed by atoms with E-state index in [0.717, 1.165) is 0 Å². The average Bonchev–Trinajstić information content (AvgIpc) is 2.33. The van der Waals surface area contributed by atoms with Gasteiger partial charge >= 0.3 is 0 Å². The van der Waals surface area contributed by atoms with Crippen LogP contribution in [-0.2, 0) is 14.2 Å². The first kappa shape index (κ1) is 15.1. The van der Waals surface area contributed by atoms with E-state index in [2.05, 4.69) is 0 Å². The van der Waals surface area contributed by atoms with Crippen LogP contribution in [0.15, 0.2) is 0 Å². The van der Waals surface area contributed by atoms with Gasteiger partial charge < -0.3 is 39.7 Å². The van der Waals surface area contributed by atoms with E-state index < -0.39 is 49.2 Å². The van der Waals surface area contributed by atoms with Crippen molar-refractivity contribution in [2.24, 2.45) is 0 Å². The summed E-state index contributed by atoms with van der Waals surface area (Å²) in [7, 11) is 0. The molecule has 0 saturated carbocycles. The van der Waals surface area contributed by atoms with Crippen LogP contribution < -0.4 is 0 Å². The van der Waals surface area contributed by atoms with Crippen molar-refractivity contribution in [2.45, 2.75) is 62.5 Å². The SMILES string of the molecule is C[C@@H]1O[C@@H](O)C[C@@H](O)[C@@H]1O[C@@H]1OC[C@@H](O)[C@@H](O)[C@@H]1O. The number of hydrogen-bond acceptors (Lipinski definition) is 8. The summed E-state index contributed by atoms with van der Waals surface area (Å²) in [5, 5.41) is 47.7. The zero-order valence-corrected chi connectivity index (χ0v) is 10.5. The van der Waals surface area contributed by atoms with Gasteiger partial charge in [-0.1, -0.05) is 0 Å². The first-order valence-electron chi connectivity index (χ1n) is 6.23. The summed E-state index contributed by atoms with van der Waals surface area (Å²) < 4.78 is 15.6. The highest BCUT2D eigenvalue weighted by molar-refractivity contribution is 4.86. The highest BCUT2D eigenvalue weighted by atomic mass is 16.7. The van der Waals surface area contributed by atoms with Crippen molar-refractivity contribution in [3.63, 3.8) is 0 Å². The van der Waals surface area contributed by atoms with E-state index in [-0.39, 0.29) is 13.0 Å². The normalized spacial score (nSPS) is 52.1. The summed E-state index contributed by atoms with van der Waals surface area (Å²) in [6.07, 6.45) is -8.59. The molecule has 0 amide bonds. The van der Waals surface area contributed by atoms with Crippen LogP contribution in [0.1, 0.15) is 13.3 Å². The van der Waals surface area contributed by atoms with Crippen LogP contribution >= 0.6 is 0 Å². The smallest absolute Gasteiger partial charge is 0.186 e. The van der Waals surface area contributed by atoms with Gasteiger partial charge in [0.2, 0.25) is 0 Å². The molecule has 2 aliphatic rings. The maximum atomic E-state index is 9.83. The lowest BCUT2D eigenvalue weighted by molar-refractivity contribution is -0.320. The lowest BCUT2D eigenvalue weighted by Gasteiger charge is -2.41. The number of aliphatic hydroxyl groups is 5. The Morgan fingerprint density at radius 3 is 2.32 bits per heavy atom. The third kappa shape index (κ3) is 3.23. The van der Waals surface area contributed by atoms with E-state index in [4.69, 9.17) is 14.2 Å². The van der Waals surface area contributed by atoms with Crippen LogP contribution in [0.4, 0.5) is 0 Å². The van der Waals surface area contributed by atoms with Crippen LogP contribution in [0.25, 0.3) is 0 Å². The summed E-state index contributed by atoms with van der Waals surface area (Å²) in [5.74, 6) is 0. The van der Waals surface area contributed by atoms with Crippen LogP contribution in [0.3, 0.4) is 0 Å². The van der Waals surface area contributed by atoms with Crippen molar-refractivity contribution in [2.75, 3.05) is 6.61 Å². The van der Waals surface area contributed by atoms with Crippen molar-refractivity contribution < 1.29 is 39.7 Å². The number of aliphatic hydroxyl groups excluding tert-OH is 5. The standard InChI is InChI=1S/C11H20O8/c1-4-10(5(12)2-7(14)18-4)19-11-9(16)8(15)6(13)3-17-11/h4-16H,2-3H2,1H3/t4-,5+,6+,7+,8+,9-,10+,11-/m0/s1. The molecule has 0 bridgehead atoms. The fourth-order valence-electron chi connectivity index (χ4n) is 2.29. The molecule has 0 aromatic carbocycles. The fraction of sp³-hybridized carbons (Fsp3) is 1.00. The van der Waals surface area contributed by atoms with Gasteiger partial charge in [-0.3, -0.25) is 0 Å². The maximum absolute atomic E-state index is 9.83. The van der Waals surface area contributed by atoms with Crippen molar-refractivity contribution in [3.8, 4) is 0 Å². The van der Waals surface area contributed by atoms with E-state index in [9.17, 15) is 25.5 Å². The first-order chi connectivity index (χ1) is 8.90. The Hall–Kier alpha value is -0.320. The topological polar surface area (TPSA) is 129 Å². The molecule has 8 atom stereocenters. The van der Waals surface area contributed by atoms with Gasteiger partial charge in [-0.25, -0.2) is 0 Å². The third-order valence-electron chi connectivity index (χ3n) is 3.40. The molecule has 0 spiro atoms. The van der Waals surface area contributed by atoms with Gasteiger partial charge in [0.05, 0.1) is 18.8 Å². The molecule has 8 nitrogen and oxygen atoms in total. The lowest BCUT2D eigenvalue weighted by Crippen LogP contribution is -2.57. The minimum atomic E-state index is -1.42. The zero-order chi connectivity index (χ0) is 14.2. The van der Waals surface area contributed by atoms with E-state index in [1.165, 1.54) is 0 Å². The molecule has 112 valence electrons. The zero-order valence-electron chi connectivity index (χ0n) is 10.5. The number of hydrogen-bond donors (Lipinski definition) is 5. The van der Waals surface area contributed by atoms with E-state index in [0.29, 0.717) is 0 Å². The van der Waals surface area contributed by atoms with Crippen LogP contribution in [0.5, 0.6) is 0 Å². The molecule has 5 N–H and O–H groups in total. The maximum Gasteiger partial charge on any atom is 0.186 e. The summed E-state index contributed by atoms with van der Waals surface area (Å²) in [6, 6.07) is 0. The largest absolute Gasteiger partial charge is 0.390 e. The fourth-order valence-corrected chi connectivity index (χ4v) is 2.29. The van der Waals surface area contributed by atoms with Gasteiger partial charge in [0.25, 0.3) is 0 Å². The Labute approximate surface area is 110 Å². The summed E-state index contributed by atoms with van der Waals surface area (Å²) in [6.45, 7) is 1.43. The second-order valence-electron chi connectivity index (χ2n) is 4.95. The molecule has 0 aromatic heterocycles. The average molecular weight is 280 g/mol. The Balaban J connectivity index is 1.96. The highest BCUT2D eigenvalue weighted by Gasteiger charge is 2.43. The van der Waals surface area contributed by atoms with Crippen molar-refractivity contribution in [1.82, 2.24) is 0 Å². The van der Waals surface area contributed by atoms with E-state index in [1.54, 1.807) is 6.92 Å². The lowest BCUT2D eigenvalue weighted by atomic mass is 10.0. The third-order valence-corrected chi connectivity index (χ3v) is 3.40. The van der Waals surface area contributed by atoms with Crippen LogP contribution in [0, 0.1) is 0 Å². The summed E-state index contributed by atoms with van der Waals surface area (Å²) >= 11 is 0. The van der Waals surface area contributed by atoms with Gasteiger partial charge in [0, 0.05) is 6.42 Å². The molecule has 2 rings (SSSR count).